The van der Waals surface area contributed by atoms with Crippen molar-refractivity contribution in [3.8, 4) is 0 Å². The SMILES string of the molecule is C[C@H](O[C@H]1OCCN(Cc2ccccc2)[C@@H]1c1ccc(F)cc1)c1cc(C(F)(F)F)cc(C(F)(F)F)c1. The maximum atomic E-state index is 13.6. The number of morpholine rings is 1. The monoisotopic (exact) mass is 527 g/mol. The highest BCUT2D eigenvalue weighted by molar-refractivity contribution is 5.35. The van der Waals surface area contributed by atoms with Crippen molar-refractivity contribution >= 4 is 0 Å². The maximum absolute atomic E-state index is 13.6. The summed E-state index contributed by atoms with van der Waals surface area (Å²) in [4.78, 5) is 2.02. The first-order valence-corrected chi connectivity index (χ1v) is 11.5. The zero-order valence-electron chi connectivity index (χ0n) is 19.7. The fraction of sp³-hybridized carbons (Fsp3) is 0.333. The van der Waals surface area contributed by atoms with Crippen LogP contribution in [0.2, 0.25) is 0 Å². The van der Waals surface area contributed by atoms with Gasteiger partial charge in [-0.3, -0.25) is 4.90 Å². The van der Waals surface area contributed by atoms with E-state index in [9.17, 15) is 30.7 Å². The molecule has 1 fully saturated rings. The second-order valence-corrected chi connectivity index (χ2v) is 8.81. The van der Waals surface area contributed by atoms with Crippen molar-refractivity contribution < 1.29 is 40.2 Å². The summed E-state index contributed by atoms with van der Waals surface area (Å²) >= 11 is 0. The van der Waals surface area contributed by atoms with E-state index >= 15 is 0 Å². The summed E-state index contributed by atoms with van der Waals surface area (Å²) < 4.78 is 106. The lowest BCUT2D eigenvalue weighted by molar-refractivity contribution is -0.231. The van der Waals surface area contributed by atoms with Crippen LogP contribution in [0.3, 0.4) is 0 Å². The first-order valence-electron chi connectivity index (χ1n) is 11.5. The van der Waals surface area contributed by atoms with Crippen LogP contribution in [0.25, 0.3) is 0 Å². The molecule has 3 nitrogen and oxygen atoms in total. The molecule has 1 saturated heterocycles. The summed E-state index contributed by atoms with van der Waals surface area (Å²) in [5.41, 5.74) is -1.51. The summed E-state index contributed by atoms with van der Waals surface area (Å²) in [6.45, 7) is 2.55. The molecule has 0 unspecified atom stereocenters. The molecular formula is C27H24F7NO2. The van der Waals surface area contributed by atoms with Crippen LogP contribution in [-0.4, -0.2) is 24.3 Å². The summed E-state index contributed by atoms with van der Waals surface area (Å²) in [6.07, 6.45) is -12.2. The van der Waals surface area contributed by atoms with Gasteiger partial charge in [0.05, 0.1) is 29.9 Å². The molecule has 0 aliphatic carbocycles. The zero-order valence-corrected chi connectivity index (χ0v) is 19.7. The van der Waals surface area contributed by atoms with E-state index in [4.69, 9.17) is 9.47 Å². The van der Waals surface area contributed by atoms with Gasteiger partial charge in [0.1, 0.15) is 5.82 Å². The van der Waals surface area contributed by atoms with Gasteiger partial charge in [-0.05, 0) is 53.9 Å². The minimum Gasteiger partial charge on any atom is -0.349 e. The Hall–Kier alpha value is -2.95. The van der Waals surface area contributed by atoms with Gasteiger partial charge in [-0.15, -0.1) is 0 Å². The molecule has 3 aromatic carbocycles. The number of hydrogen-bond acceptors (Lipinski definition) is 3. The van der Waals surface area contributed by atoms with Gasteiger partial charge < -0.3 is 9.47 Å². The van der Waals surface area contributed by atoms with Crippen LogP contribution in [0.15, 0.2) is 72.8 Å². The van der Waals surface area contributed by atoms with Gasteiger partial charge in [0, 0.05) is 13.1 Å². The Kier molecular flexibility index (Phi) is 7.91. The largest absolute Gasteiger partial charge is 0.416 e. The molecule has 1 heterocycles. The molecule has 198 valence electrons. The molecule has 0 bridgehead atoms. The van der Waals surface area contributed by atoms with E-state index in [1.807, 2.05) is 35.2 Å². The second-order valence-electron chi connectivity index (χ2n) is 8.81. The number of nitrogens with zero attached hydrogens (tertiary/aromatic N) is 1. The van der Waals surface area contributed by atoms with Crippen LogP contribution in [0.5, 0.6) is 0 Å². The number of halogens is 7. The van der Waals surface area contributed by atoms with Crippen LogP contribution in [0.4, 0.5) is 30.7 Å². The van der Waals surface area contributed by atoms with Crippen LogP contribution in [0, 0.1) is 5.82 Å². The van der Waals surface area contributed by atoms with Crippen molar-refractivity contribution in [2.75, 3.05) is 13.2 Å². The minimum absolute atomic E-state index is 0.0796. The smallest absolute Gasteiger partial charge is 0.349 e. The third kappa shape index (κ3) is 6.68. The van der Waals surface area contributed by atoms with Crippen LogP contribution in [-0.2, 0) is 28.4 Å². The molecule has 3 atom stereocenters. The van der Waals surface area contributed by atoms with E-state index in [0.717, 1.165) is 5.56 Å². The Morgan fingerprint density at radius 2 is 1.49 bits per heavy atom. The number of ether oxygens (including phenoxy) is 2. The predicted molar refractivity (Wildman–Crippen MR) is 122 cm³/mol. The van der Waals surface area contributed by atoms with Gasteiger partial charge in [-0.25, -0.2) is 4.39 Å². The van der Waals surface area contributed by atoms with Crippen molar-refractivity contribution in [2.45, 2.75) is 44.3 Å². The van der Waals surface area contributed by atoms with Crippen molar-refractivity contribution in [3.05, 3.63) is 106 Å². The van der Waals surface area contributed by atoms with Gasteiger partial charge in [-0.1, -0.05) is 42.5 Å². The van der Waals surface area contributed by atoms with Gasteiger partial charge in [0.15, 0.2) is 6.29 Å². The Labute approximate surface area is 209 Å². The summed E-state index contributed by atoms with van der Waals surface area (Å²) in [5, 5.41) is 0. The number of rotatable bonds is 6. The highest BCUT2D eigenvalue weighted by Gasteiger charge is 2.39. The second kappa shape index (κ2) is 10.8. The van der Waals surface area contributed by atoms with Crippen molar-refractivity contribution in [1.82, 2.24) is 4.90 Å². The van der Waals surface area contributed by atoms with Crippen LogP contribution in [0.1, 0.15) is 46.9 Å². The van der Waals surface area contributed by atoms with Crippen molar-refractivity contribution in [3.63, 3.8) is 0 Å². The molecule has 4 rings (SSSR count). The number of alkyl halides is 6. The Balaban J connectivity index is 1.66. The lowest BCUT2D eigenvalue weighted by atomic mass is 10.00. The molecule has 1 aliphatic heterocycles. The van der Waals surface area contributed by atoms with E-state index in [2.05, 4.69) is 0 Å². The van der Waals surface area contributed by atoms with Crippen molar-refractivity contribution in [1.29, 1.82) is 0 Å². The number of hydrogen-bond donors (Lipinski definition) is 0. The molecular weight excluding hydrogens is 503 g/mol. The molecule has 0 amide bonds. The van der Waals surface area contributed by atoms with Gasteiger partial charge in [-0.2, -0.15) is 26.3 Å². The summed E-state index contributed by atoms with van der Waals surface area (Å²) in [7, 11) is 0. The standard InChI is InChI=1S/C27H24F7NO2/c1-17(20-13-21(26(29,30)31)15-22(14-20)27(32,33)34)37-25-24(19-7-9-23(28)10-8-19)35(11-12-36-25)16-18-5-3-2-4-6-18/h2-10,13-15,17,24-25H,11-12,16H2,1H3/t17-,24+,25+/m0/s1. The van der Waals surface area contributed by atoms with Crippen LogP contribution >= 0.6 is 0 Å². The quantitative estimate of drug-likeness (QED) is 0.309. The molecule has 10 heteroatoms. The fourth-order valence-corrected chi connectivity index (χ4v) is 4.32. The normalized spacial score (nSPS) is 20.1. The molecule has 37 heavy (non-hydrogen) atoms. The fourth-order valence-electron chi connectivity index (χ4n) is 4.32. The first kappa shape index (κ1) is 27.1. The van der Waals surface area contributed by atoms with E-state index in [0.29, 0.717) is 30.8 Å². The van der Waals surface area contributed by atoms with E-state index in [-0.39, 0.29) is 18.2 Å². The summed E-state index contributed by atoms with van der Waals surface area (Å²) in [5.74, 6) is -0.454. The first-order chi connectivity index (χ1) is 17.4. The number of benzene rings is 3. The molecule has 0 saturated carbocycles. The van der Waals surface area contributed by atoms with Gasteiger partial charge in [0.25, 0.3) is 0 Å². The lowest BCUT2D eigenvalue weighted by Gasteiger charge is -2.42. The van der Waals surface area contributed by atoms with E-state index in [1.54, 1.807) is 12.1 Å². The maximum Gasteiger partial charge on any atom is 0.416 e. The highest BCUT2D eigenvalue weighted by Crippen LogP contribution is 2.40. The topological polar surface area (TPSA) is 21.7 Å². The lowest BCUT2D eigenvalue weighted by Crippen LogP contribution is -2.46. The van der Waals surface area contributed by atoms with Gasteiger partial charge in [0.2, 0.25) is 0 Å². The Morgan fingerprint density at radius 3 is 2.05 bits per heavy atom. The molecule has 0 spiro atoms. The van der Waals surface area contributed by atoms with E-state index < -0.39 is 47.7 Å². The molecule has 0 N–H and O–H groups in total. The third-order valence-electron chi connectivity index (χ3n) is 6.17. The zero-order chi connectivity index (χ0) is 26.8. The Bertz CT molecular complexity index is 1150. The molecule has 0 radical (unpaired) electrons. The van der Waals surface area contributed by atoms with Crippen LogP contribution < -0.4 is 0 Å². The van der Waals surface area contributed by atoms with Crippen molar-refractivity contribution in [2.24, 2.45) is 0 Å². The molecule has 0 aromatic heterocycles. The average Bonchev–Trinajstić information content (AvgIpc) is 2.84. The minimum atomic E-state index is -4.97. The average molecular weight is 527 g/mol. The Morgan fingerprint density at radius 1 is 0.892 bits per heavy atom. The summed E-state index contributed by atoms with van der Waals surface area (Å²) in [6, 6.07) is 15.9. The molecule has 1 aliphatic rings. The highest BCUT2D eigenvalue weighted by atomic mass is 19.4. The predicted octanol–water partition coefficient (Wildman–Crippen LogP) is 7.54. The third-order valence-corrected chi connectivity index (χ3v) is 6.17. The van der Waals surface area contributed by atoms with E-state index in [1.165, 1.54) is 19.1 Å². The molecule has 3 aromatic rings. The van der Waals surface area contributed by atoms with Gasteiger partial charge >= 0.3 is 12.4 Å².